The van der Waals surface area contributed by atoms with Gasteiger partial charge in [-0.05, 0) is 44.9 Å². The average Bonchev–Trinajstić information content (AvgIpc) is 3.66. The van der Waals surface area contributed by atoms with Gasteiger partial charge in [0.05, 0.1) is 25.4 Å². The third-order valence-electron chi connectivity index (χ3n) is 18.5. The molecule has 6 N–H and O–H groups in total. The molecular formula is C76H147NO8. The highest BCUT2D eigenvalue weighted by Gasteiger charge is 2.44. The monoisotopic (exact) mass is 1200 g/mol. The molecule has 0 aromatic rings. The van der Waals surface area contributed by atoms with E-state index >= 15 is 0 Å². The van der Waals surface area contributed by atoms with Crippen LogP contribution in [0.3, 0.4) is 0 Å². The van der Waals surface area contributed by atoms with Crippen LogP contribution in [0.5, 0.6) is 0 Å². The molecule has 1 heterocycles. The zero-order valence-corrected chi connectivity index (χ0v) is 56.7. The molecule has 9 nitrogen and oxygen atoms in total. The highest BCUT2D eigenvalue weighted by molar-refractivity contribution is 5.76. The second-order valence-electron chi connectivity index (χ2n) is 26.8. The highest BCUT2D eigenvalue weighted by atomic mass is 16.7. The molecule has 0 aromatic heterocycles. The van der Waals surface area contributed by atoms with Crippen LogP contribution < -0.4 is 5.32 Å². The quantitative estimate of drug-likeness (QED) is 0.0261. The van der Waals surface area contributed by atoms with Gasteiger partial charge in [-0.15, -0.1) is 0 Å². The lowest BCUT2D eigenvalue weighted by Gasteiger charge is -2.40. The van der Waals surface area contributed by atoms with Crippen molar-refractivity contribution in [2.45, 2.75) is 442 Å². The van der Waals surface area contributed by atoms with Crippen molar-refractivity contribution >= 4 is 5.91 Å². The largest absolute Gasteiger partial charge is 0.394 e. The first-order valence-corrected chi connectivity index (χ1v) is 38.1. The van der Waals surface area contributed by atoms with Crippen LogP contribution in [0.4, 0.5) is 0 Å². The van der Waals surface area contributed by atoms with Gasteiger partial charge in [-0.1, -0.05) is 372 Å². The summed E-state index contributed by atoms with van der Waals surface area (Å²) >= 11 is 0. The molecule has 7 unspecified atom stereocenters. The van der Waals surface area contributed by atoms with Crippen molar-refractivity contribution in [3.05, 3.63) is 24.3 Å². The summed E-state index contributed by atoms with van der Waals surface area (Å²) in [6.07, 6.45) is 80.3. The molecule has 0 saturated carbocycles. The topological polar surface area (TPSA) is 149 Å². The minimum atomic E-state index is -1.57. The van der Waals surface area contributed by atoms with E-state index in [9.17, 15) is 30.3 Å². The minimum absolute atomic E-state index is 0.167. The van der Waals surface area contributed by atoms with Gasteiger partial charge >= 0.3 is 0 Å². The number of nitrogens with one attached hydrogen (secondary N) is 1. The number of amides is 1. The molecule has 1 fully saturated rings. The third kappa shape index (κ3) is 54.2. The fourth-order valence-electron chi connectivity index (χ4n) is 12.6. The van der Waals surface area contributed by atoms with Gasteiger partial charge in [0.1, 0.15) is 24.4 Å². The first kappa shape index (κ1) is 81.7. The number of hydrogen-bond acceptors (Lipinski definition) is 8. The molecule has 9 heteroatoms. The number of rotatable bonds is 68. The van der Waals surface area contributed by atoms with Gasteiger partial charge in [-0.2, -0.15) is 0 Å². The Bertz CT molecular complexity index is 1390. The van der Waals surface area contributed by atoms with Crippen molar-refractivity contribution in [2.24, 2.45) is 0 Å². The predicted octanol–water partition coefficient (Wildman–Crippen LogP) is 21.2. The second kappa shape index (κ2) is 65.6. The molecule has 1 rings (SSSR count). The van der Waals surface area contributed by atoms with E-state index in [0.29, 0.717) is 6.42 Å². The number of unbranched alkanes of at least 4 members (excludes halogenated alkanes) is 56. The summed E-state index contributed by atoms with van der Waals surface area (Å²) in [5, 5.41) is 54.8. The van der Waals surface area contributed by atoms with E-state index in [0.717, 1.165) is 38.5 Å². The van der Waals surface area contributed by atoms with Crippen molar-refractivity contribution < 1.29 is 39.8 Å². The minimum Gasteiger partial charge on any atom is -0.394 e. The van der Waals surface area contributed by atoms with Gasteiger partial charge in [-0.3, -0.25) is 4.79 Å². The van der Waals surface area contributed by atoms with Crippen molar-refractivity contribution in [2.75, 3.05) is 13.2 Å². The van der Waals surface area contributed by atoms with Crippen LogP contribution in [0, 0.1) is 0 Å². The molecule has 0 aliphatic carbocycles. The van der Waals surface area contributed by atoms with Crippen LogP contribution >= 0.6 is 0 Å². The summed E-state index contributed by atoms with van der Waals surface area (Å²) in [6.45, 7) is 3.84. The van der Waals surface area contributed by atoms with E-state index in [1.807, 2.05) is 6.08 Å². The summed E-state index contributed by atoms with van der Waals surface area (Å²) < 4.78 is 11.3. The number of ether oxygens (including phenoxy) is 2. The molecule has 1 aliphatic rings. The zero-order valence-electron chi connectivity index (χ0n) is 56.7. The van der Waals surface area contributed by atoms with E-state index in [1.54, 1.807) is 6.08 Å². The summed E-state index contributed by atoms with van der Waals surface area (Å²) in [5.41, 5.74) is 0. The fraction of sp³-hybridized carbons (Fsp3) is 0.934. The van der Waals surface area contributed by atoms with Crippen molar-refractivity contribution in [3.8, 4) is 0 Å². The number of aliphatic hydroxyl groups excluding tert-OH is 5. The Hall–Kier alpha value is -1.33. The lowest BCUT2D eigenvalue weighted by Crippen LogP contribution is -2.60. The molecule has 85 heavy (non-hydrogen) atoms. The highest BCUT2D eigenvalue weighted by Crippen LogP contribution is 2.24. The van der Waals surface area contributed by atoms with Crippen LogP contribution in [0.2, 0.25) is 0 Å². The van der Waals surface area contributed by atoms with Gasteiger partial charge in [0, 0.05) is 6.42 Å². The Morgan fingerprint density at radius 2 is 0.659 bits per heavy atom. The SMILES string of the molecule is CCCCCCCCCC/C=C\CCCCCCCCCCCCCCCCCCCCCCCCCCCCCC(=O)NC(COC1OC(CO)C(O)C(O)C1O)C(O)/C=C/CCCCCCCCCCCCCCCCCCCCCCC. The van der Waals surface area contributed by atoms with Gasteiger partial charge < -0.3 is 40.3 Å². The smallest absolute Gasteiger partial charge is 0.220 e. The Morgan fingerprint density at radius 3 is 0.953 bits per heavy atom. The standard InChI is InChI=1S/C76H147NO8/c1-3-5-7-9-11-13-15-17-19-21-23-25-27-28-29-30-31-32-33-34-35-36-37-38-39-40-41-42-44-46-48-50-52-54-56-58-60-62-64-66-72(80)77-69(68-84-76-75(83)74(82)73(81)71(67-78)85-76)70(79)65-63-61-59-57-55-53-51-49-47-45-43-26-24-22-20-18-16-14-12-10-8-6-4-2/h21,23,63,65,69-71,73-76,78-79,81-83H,3-20,22,24-62,64,66-68H2,1-2H3,(H,77,80)/b23-21-,65-63+. The summed E-state index contributed by atoms with van der Waals surface area (Å²) in [5.74, 6) is -0.167. The van der Waals surface area contributed by atoms with Crippen LogP contribution in [0.1, 0.15) is 399 Å². The molecule has 1 saturated heterocycles. The number of aliphatic hydroxyl groups is 5. The normalized spacial score (nSPS) is 18.1. The summed E-state index contributed by atoms with van der Waals surface area (Å²) in [4.78, 5) is 13.1. The average molecular weight is 1200 g/mol. The molecule has 1 amide bonds. The van der Waals surface area contributed by atoms with E-state index in [2.05, 4.69) is 31.3 Å². The maximum atomic E-state index is 13.1. The molecule has 7 atom stereocenters. The first-order valence-electron chi connectivity index (χ1n) is 38.1. The maximum Gasteiger partial charge on any atom is 0.220 e. The van der Waals surface area contributed by atoms with E-state index < -0.39 is 49.5 Å². The predicted molar refractivity (Wildman–Crippen MR) is 364 cm³/mol. The van der Waals surface area contributed by atoms with Gasteiger partial charge in [0.2, 0.25) is 5.91 Å². The van der Waals surface area contributed by atoms with Crippen LogP contribution in [0.15, 0.2) is 24.3 Å². The van der Waals surface area contributed by atoms with Gasteiger partial charge in [0.15, 0.2) is 6.29 Å². The Balaban J connectivity index is 2.04. The first-order chi connectivity index (χ1) is 41.8. The van der Waals surface area contributed by atoms with Crippen molar-refractivity contribution in [1.29, 1.82) is 0 Å². The maximum absolute atomic E-state index is 13.1. The fourth-order valence-corrected chi connectivity index (χ4v) is 12.6. The molecule has 0 aromatic carbocycles. The summed E-state index contributed by atoms with van der Waals surface area (Å²) in [6, 6.07) is -0.803. The van der Waals surface area contributed by atoms with Crippen LogP contribution in [-0.4, -0.2) is 87.5 Å². The van der Waals surface area contributed by atoms with Crippen LogP contribution in [-0.2, 0) is 14.3 Å². The molecular weight excluding hydrogens is 1050 g/mol. The Morgan fingerprint density at radius 1 is 0.388 bits per heavy atom. The van der Waals surface area contributed by atoms with Crippen molar-refractivity contribution in [1.82, 2.24) is 5.32 Å². The number of carbonyl (C=O) groups excluding carboxylic acids is 1. The lowest BCUT2D eigenvalue weighted by molar-refractivity contribution is -0.302. The molecule has 0 bridgehead atoms. The van der Waals surface area contributed by atoms with E-state index in [-0.39, 0.29) is 12.5 Å². The molecule has 0 radical (unpaired) electrons. The number of allylic oxidation sites excluding steroid dienone is 3. The van der Waals surface area contributed by atoms with E-state index in [4.69, 9.17) is 9.47 Å². The van der Waals surface area contributed by atoms with Crippen molar-refractivity contribution in [3.63, 3.8) is 0 Å². The van der Waals surface area contributed by atoms with Crippen LogP contribution in [0.25, 0.3) is 0 Å². The van der Waals surface area contributed by atoms with Gasteiger partial charge in [0.25, 0.3) is 0 Å². The Labute approximate surface area is 528 Å². The van der Waals surface area contributed by atoms with E-state index in [1.165, 1.54) is 340 Å². The summed E-state index contributed by atoms with van der Waals surface area (Å²) in [7, 11) is 0. The van der Waals surface area contributed by atoms with Gasteiger partial charge in [-0.25, -0.2) is 0 Å². The zero-order chi connectivity index (χ0) is 61.4. The second-order valence-corrected chi connectivity index (χ2v) is 26.8. The number of carbonyl (C=O) groups is 1. The molecule has 0 spiro atoms. The molecule has 504 valence electrons. The Kier molecular flexibility index (Phi) is 63.1. The molecule has 1 aliphatic heterocycles. The lowest BCUT2D eigenvalue weighted by atomic mass is 9.99. The third-order valence-corrected chi connectivity index (χ3v) is 18.5. The number of hydrogen-bond donors (Lipinski definition) is 6.